The highest BCUT2D eigenvalue weighted by atomic mass is 35.5. The maximum absolute atomic E-state index is 12.2. The first kappa shape index (κ1) is 17.8. The fourth-order valence-corrected chi connectivity index (χ4v) is 3.11. The molecular formula is C18H23ClN2O2. The molecule has 1 heterocycles. The van der Waals surface area contributed by atoms with Gasteiger partial charge >= 0.3 is 0 Å². The third-order valence-electron chi connectivity index (χ3n) is 4.20. The Labute approximate surface area is 143 Å². The molecule has 1 fully saturated rings. The Balaban J connectivity index is 2.03. The van der Waals surface area contributed by atoms with Crippen LogP contribution in [0.2, 0.25) is 5.02 Å². The molecule has 1 aromatic carbocycles. The Kier molecular flexibility index (Phi) is 5.33. The van der Waals surface area contributed by atoms with E-state index in [0.717, 1.165) is 5.56 Å². The maximum Gasteiger partial charge on any atom is 0.248 e. The molecule has 0 saturated carbocycles. The third kappa shape index (κ3) is 4.25. The molecule has 23 heavy (non-hydrogen) atoms. The standard InChI is InChI=1S/C18H23ClN2O2/c1-17(2,3)23-12-16(22)21-10-8-18(13-20,9-11-21)14-6-4-5-7-15(14)19/h4-7H,8-12H2,1-3H3. The van der Waals surface area contributed by atoms with Gasteiger partial charge in [-0.25, -0.2) is 0 Å². The van der Waals surface area contributed by atoms with Gasteiger partial charge in [0.05, 0.1) is 17.1 Å². The lowest BCUT2D eigenvalue weighted by atomic mass is 9.74. The largest absolute Gasteiger partial charge is 0.366 e. The van der Waals surface area contributed by atoms with Crippen LogP contribution in [0.5, 0.6) is 0 Å². The van der Waals surface area contributed by atoms with Gasteiger partial charge in [0, 0.05) is 18.1 Å². The van der Waals surface area contributed by atoms with Gasteiger partial charge in [-0.1, -0.05) is 29.8 Å². The molecular weight excluding hydrogens is 312 g/mol. The zero-order valence-electron chi connectivity index (χ0n) is 13.9. The number of piperidine rings is 1. The van der Waals surface area contributed by atoms with Crippen molar-refractivity contribution in [3.8, 4) is 6.07 Å². The average molecular weight is 335 g/mol. The van der Waals surface area contributed by atoms with Gasteiger partial charge in [0.2, 0.25) is 5.91 Å². The molecule has 0 aliphatic carbocycles. The minimum atomic E-state index is -0.611. The Morgan fingerprint density at radius 2 is 1.96 bits per heavy atom. The smallest absolute Gasteiger partial charge is 0.248 e. The first-order valence-electron chi connectivity index (χ1n) is 7.85. The molecule has 0 bridgehead atoms. The van der Waals surface area contributed by atoms with Crippen molar-refractivity contribution in [1.29, 1.82) is 5.26 Å². The molecule has 1 aliphatic rings. The number of rotatable bonds is 3. The van der Waals surface area contributed by atoms with Gasteiger partial charge < -0.3 is 9.64 Å². The molecule has 1 aromatic rings. The van der Waals surface area contributed by atoms with Gasteiger partial charge in [-0.3, -0.25) is 4.79 Å². The van der Waals surface area contributed by atoms with E-state index in [4.69, 9.17) is 16.3 Å². The Bertz CT molecular complexity index is 608. The number of nitrogens with zero attached hydrogens (tertiary/aromatic N) is 2. The molecule has 2 rings (SSSR count). The summed E-state index contributed by atoms with van der Waals surface area (Å²) >= 11 is 6.27. The van der Waals surface area contributed by atoms with Crippen LogP contribution < -0.4 is 0 Å². The van der Waals surface area contributed by atoms with Crippen LogP contribution in [-0.2, 0) is 14.9 Å². The minimum Gasteiger partial charge on any atom is -0.366 e. The summed E-state index contributed by atoms with van der Waals surface area (Å²) in [6.45, 7) is 6.95. The van der Waals surface area contributed by atoms with E-state index in [1.54, 1.807) is 4.90 Å². The van der Waals surface area contributed by atoms with E-state index in [1.807, 2.05) is 45.0 Å². The van der Waals surface area contributed by atoms with Crippen LogP contribution in [0, 0.1) is 11.3 Å². The van der Waals surface area contributed by atoms with Gasteiger partial charge in [0.1, 0.15) is 6.61 Å². The summed E-state index contributed by atoms with van der Waals surface area (Å²) in [5, 5.41) is 10.3. The van der Waals surface area contributed by atoms with Gasteiger partial charge in [0.25, 0.3) is 0 Å². The summed E-state index contributed by atoms with van der Waals surface area (Å²) in [5.41, 5.74) is -0.0819. The van der Waals surface area contributed by atoms with E-state index in [9.17, 15) is 10.1 Å². The van der Waals surface area contributed by atoms with Crippen LogP contribution in [0.4, 0.5) is 0 Å². The second kappa shape index (κ2) is 6.90. The van der Waals surface area contributed by atoms with Crippen molar-refractivity contribution in [3.05, 3.63) is 34.9 Å². The summed E-state index contributed by atoms with van der Waals surface area (Å²) in [6.07, 6.45) is 1.18. The number of hydrogen-bond donors (Lipinski definition) is 0. The Hall–Kier alpha value is -1.57. The lowest BCUT2D eigenvalue weighted by Gasteiger charge is -2.38. The summed E-state index contributed by atoms with van der Waals surface area (Å²) in [6, 6.07) is 9.91. The first-order valence-corrected chi connectivity index (χ1v) is 8.23. The van der Waals surface area contributed by atoms with Crippen LogP contribution in [0.15, 0.2) is 24.3 Å². The molecule has 0 unspecified atom stereocenters. The zero-order chi connectivity index (χ0) is 17.1. The van der Waals surface area contributed by atoms with Crippen molar-refractivity contribution < 1.29 is 9.53 Å². The number of halogens is 1. The predicted octanol–water partition coefficient (Wildman–Crippen LogP) is 3.54. The van der Waals surface area contributed by atoms with Crippen molar-refractivity contribution in [3.63, 3.8) is 0 Å². The van der Waals surface area contributed by atoms with Crippen LogP contribution in [0.3, 0.4) is 0 Å². The molecule has 0 atom stereocenters. The molecule has 0 spiro atoms. The van der Waals surface area contributed by atoms with Crippen molar-refractivity contribution in [2.45, 2.75) is 44.6 Å². The lowest BCUT2D eigenvalue weighted by molar-refractivity contribution is -0.142. The molecule has 5 heteroatoms. The number of amides is 1. The molecule has 4 nitrogen and oxygen atoms in total. The van der Waals surface area contributed by atoms with Crippen molar-refractivity contribution in [1.82, 2.24) is 4.90 Å². The number of benzene rings is 1. The minimum absolute atomic E-state index is 0.0226. The molecule has 0 radical (unpaired) electrons. The third-order valence-corrected chi connectivity index (χ3v) is 4.53. The molecule has 0 aromatic heterocycles. The van der Waals surface area contributed by atoms with Crippen LogP contribution in [-0.4, -0.2) is 36.1 Å². The number of carbonyl (C=O) groups is 1. The predicted molar refractivity (Wildman–Crippen MR) is 90.3 cm³/mol. The van der Waals surface area contributed by atoms with Crippen molar-refractivity contribution in [2.24, 2.45) is 0 Å². The fourth-order valence-electron chi connectivity index (χ4n) is 2.80. The highest BCUT2D eigenvalue weighted by Crippen LogP contribution is 2.38. The number of ether oxygens (including phenoxy) is 1. The SMILES string of the molecule is CC(C)(C)OCC(=O)N1CCC(C#N)(c2ccccc2Cl)CC1. The lowest BCUT2D eigenvalue weighted by Crippen LogP contribution is -2.46. The van der Waals surface area contributed by atoms with E-state index >= 15 is 0 Å². The second-order valence-electron chi connectivity index (χ2n) is 6.96. The first-order chi connectivity index (χ1) is 10.8. The van der Waals surface area contributed by atoms with Crippen LogP contribution in [0.25, 0.3) is 0 Å². The second-order valence-corrected chi connectivity index (χ2v) is 7.36. The molecule has 1 amide bonds. The van der Waals surface area contributed by atoms with Gasteiger partial charge in [0.15, 0.2) is 0 Å². The van der Waals surface area contributed by atoms with E-state index in [1.165, 1.54) is 0 Å². The summed E-state index contributed by atoms with van der Waals surface area (Å²) in [5.74, 6) is -0.0226. The maximum atomic E-state index is 12.2. The summed E-state index contributed by atoms with van der Waals surface area (Å²) in [4.78, 5) is 14.0. The quantitative estimate of drug-likeness (QED) is 0.849. The number of likely N-dealkylation sites (tertiary alicyclic amines) is 1. The van der Waals surface area contributed by atoms with Crippen LogP contribution in [0.1, 0.15) is 39.2 Å². The van der Waals surface area contributed by atoms with Gasteiger partial charge in [-0.2, -0.15) is 5.26 Å². The zero-order valence-corrected chi connectivity index (χ0v) is 14.7. The molecule has 1 saturated heterocycles. The number of nitriles is 1. The van der Waals surface area contributed by atoms with E-state index in [-0.39, 0.29) is 18.1 Å². The summed E-state index contributed by atoms with van der Waals surface area (Å²) in [7, 11) is 0. The highest BCUT2D eigenvalue weighted by Gasteiger charge is 2.39. The Morgan fingerprint density at radius 1 is 1.35 bits per heavy atom. The molecule has 124 valence electrons. The number of hydrogen-bond acceptors (Lipinski definition) is 3. The molecule has 1 aliphatic heterocycles. The average Bonchev–Trinajstić information content (AvgIpc) is 2.52. The summed E-state index contributed by atoms with van der Waals surface area (Å²) < 4.78 is 5.55. The van der Waals surface area contributed by atoms with E-state index < -0.39 is 5.41 Å². The highest BCUT2D eigenvalue weighted by molar-refractivity contribution is 6.31. The monoisotopic (exact) mass is 334 g/mol. The van der Waals surface area contributed by atoms with Crippen LogP contribution >= 0.6 is 11.6 Å². The Morgan fingerprint density at radius 3 is 2.48 bits per heavy atom. The fraction of sp³-hybridized carbons (Fsp3) is 0.556. The normalized spacial score (nSPS) is 17.6. The molecule has 0 N–H and O–H groups in total. The van der Waals surface area contributed by atoms with Gasteiger partial charge in [-0.15, -0.1) is 0 Å². The topological polar surface area (TPSA) is 53.3 Å². The van der Waals surface area contributed by atoms with Crippen molar-refractivity contribution in [2.75, 3.05) is 19.7 Å². The van der Waals surface area contributed by atoms with E-state index in [0.29, 0.717) is 31.0 Å². The number of carbonyl (C=O) groups excluding carboxylic acids is 1. The van der Waals surface area contributed by atoms with Crippen molar-refractivity contribution >= 4 is 17.5 Å². The van der Waals surface area contributed by atoms with E-state index in [2.05, 4.69) is 6.07 Å². The van der Waals surface area contributed by atoms with Gasteiger partial charge in [-0.05, 0) is 45.2 Å².